The molecule has 1 heterocycles. The van der Waals surface area contributed by atoms with Crippen molar-refractivity contribution in [3.8, 4) is 5.69 Å². The molecule has 72 valence electrons. The summed E-state index contributed by atoms with van der Waals surface area (Å²) in [6.07, 6.45) is 0. The molecule has 2 rings (SSSR count). The largest absolute Gasteiger partial charge is 0.273 e. The minimum absolute atomic E-state index is 1.20. The molecule has 0 spiro atoms. The van der Waals surface area contributed by atoms with Crippen LogP contribution in [0.25, 0.3) is 5.69 Å². The third-order valence-electron chi connectivity index (χ3n) is 2.34. The van der Waals surface area contributed by atoms with Gasteiger partial charge in [-0.3, -0.25) is 0 Å². The van der Waals surface area contributed by atoms with Gasteiger partial charge in [0.15, 0.2) is 0 Å². The molecule has 2 aromatic rings. The maximum Gasteiger partial charge on any atom is 0.273 e. The molecule has 0 atom stereocenters. The highest BCUT2D eigenvalue weighted by molar-refractivity contribution is 14.1. The molecular weight excluding hydrogens is 287 g/mol. The zero-order valence-electron chi connectivity index (χ0n) is 8.24. The molecule has 1 aromatic carbocycles. The van der Waals surface area contributed by atoms with Gasteiger partial charge in [0, 0.05) is 40.8 Å². The van der Waals surface area contributed by atoms with E-state index in [0.717, 1.165) is 0 Å². The van der Waals surface area contributed by atoms with E-state index in [9.17, 15) is 0 Å². The Hall–Kier alpha value is -0.840. The number of para-hydroxylation sites is 1. The Morgan fingerprint density at radius 1 is 1.21 bits per heavy atom. The minimum Gasteiger partial charge on any atom is -0.154 e. The molecule has 2 nitrogen and oxygen atoms in total. The third kappa shape index (κ3) is 1.56. The van der Waals surface area contributed by atoms with E-state index in [0.29, 0.717) is 0 Å². The van der Waals surface area contributed by atoms with Gasteiger partial charge in [-0.1, -0.05) is 22.9 Å². The lowest BCUT2D eigenvalue weighted by atomic mass is 10.3. The Morgan fingerprint density at radius 3 is 2.36 bits per heavy atom. The summed E-state index contributed by atoms with van der Waals surface area (Å²) in [6, 6.07) is 12.5. The number of nitrogens with zero attached hydrogens (tertiary/aromatic N) is 2. The lowest BCUT2D eigenvalue weighted by Gasteiger charge is -1.97. The van der Waals surface area contributed by atoms with Crippen LogP contribution < -0.4 is 4.68 Å². The molecule has 0 unspecified atom stereocenters. The maximum atomic E-state index is 2.35. The average Bonchev–Trinajstić information content (AvgIpc) is 2.43. The molecule has 1 aromatic heterocycles. The average molecular weight is 299 g/mol. The highest BCUT2D eigenvalue weighted by Gasteiger charge is 2.17. The van der Waals surface area contributed by atoms with Crippen molar-refractivity contribution in [2.24, 2.45) is 7.05 Å². The number of hydrogen-bond donors (Lipinski definition) is 0. The molecule has 0 radical (unpaired) electrons. The van der Waals surface area contributed by atoms with Crippen molar-refractivity contribution >= 4 is 22.6 Å². The van der Waals surface area contributed by atoms with E-state index < -0.39 is 0 Å². The number of aryl methyl sites for hydroxylation is 1. The molecule has 0 fully saturated rings. The van der Waals surface area contributed by atoms with Crippen LogP contribution in [0, 0.1) is 10.6 Å². The van der Waals surface area contributed by atoms with Crippen LogP contribution in [0.2, 0.25) is 0 Å². The zero-order valence-corrected chi connectivity index (χ0v) is 10.4. The summed E-state index contributed by atoms with van der Waals surface area (Å²) in [5.74, 6) is 0. The van der Waals surface area contributed by atoms with Crippen LogP contribution in [-0.4, -0.2) is 4.68 Å². The van der Waals surface area contributed by atoms with Gasteiger partial charge < -0.3 is 0 Å². The second-order valence-electron chi connectivity index (χ2n) is 3.28. The van der Waals surface area contributed by atoms with Crippen LogP contribution in [0.4, 0.5) is 0 Å². The standard InChI is InChI=1S/C11H12IN2/c1-9-8-11(12)14(13(9)2)10-6-4-3-5-7-10/h3-8H,1-2H3/q+1. The normalized spacial score (nSPS) is 10.5. The molecule has 14 heavy (non-hydrogen) atoms. The number of hydrogen-bond acceptors (Lipinski definition) is 0. The van der Waals surface area contributed by atoms with E-state index in [4.69, 9.17) is 0 Å². The molecule has 0 amide bonds. The van der Waals surface area contributed by atoms with Gasteiger partial charge in [-0.25, -0.2) is 0 Å². The molecule has 0 saturated carbocycles. The SMILES string of the molecule is Cc1cc(I)[n+](-c2ccccc2)n1C. The van der Waals surface area contributed by atoms with E-state index >= 15 is 0 Å². The van der Waals surface area contributed by atoms with Crippen molar-refractivity contribution in [1.29, 1.82) is 0 Å². The Balaban J connectivity index is 2.62. The van der Waals surface area contributed by atoms with Crippen molar-refractivity contribution in [2.75, 3.05) is 0 Å². The molecule has 0 aliphatic carbocycles. The number of aromatic nitrogens is 2. The van der Waals surface area contributed by atoms with E-state index in [2.05, 4.69) is 76.3 Å². The summed E-state index contributed by atoms with van der Waals surface area (Å²) in [6.45, 7) is 2.11. The fourth-order valence-corrected chi connectivity index (χ4v) is 2.55. The van der Waals surface area contributed by atoms with Gasteiger partial charge in [0.25, 0.3) is 3.70 Å². The van der Waals surface area contributed by atoms with Gasteiger partial charge >= 0.3 is 0 Å². The first-order valence-corrected chi connectivity index (χ1v) is 5.57. The summed E-state index contributed by atoms with van der Waals surface area (Å²) >= 11 is 2.35. The molecule has 0 aliphatic rings. The second-order valence-corrected chi connectivity index (χ2v) is 4.38. The second kappa shape index (κ2) is 3.73. The predicted octanol–water partition coefficient (Wildman–Crippen LogP) is 2.21. The fraction of sp³-hybridized carbons (Fsp3) is 0.182. The number of benzene rings is 1. The Kier molecular flexibility index (Phi) is 2.58. The van der Waals surface area contributed by atoms with E-state index in [1.165, 1.54) is 15.1 Å². The van der Waals surface area contributed by atoms with Crippen LogP contribution in [0.1, 0.15) is 5.69 Å². The molecule has 0 saturated heterocycles. The molecule has 0 N–H and O–H groups in total. The zero-order chi connectivity index (χ0) is 10.1. The van der Waals surface area contributed by atoms with Crippen LogP contribution in [0.15, 0.2) is 36.4 Å². The first-order valence-electron chi connectivity index (χ1n) is 4.50. The lowest BCUT2D eigenvalue weighted by Crippen LogP contribution is -2.42. The fourth-order valence-electron chi connectivity index (χ4n) is 1.49. The summed E-state index contributed by atoms with van der Waals surface area (Å²) in [4.78, 5) is 0. The smallest absolute Gasteiger partial charge is 0.154 e. The van der Waals surface area contributed by atoms with Gasteiger partial charge in [0.1, 0.15) is 0 Å². The van der Waals surface area contributed by atoms with Crippen molar-refractivity contribution < 1.29 is 4.68 Å². The van der Waals surface area contributed by atoms with Crippen LogP contribution in [-0.2, 0) is 7.05 Å². The van der Waals surface area contributed by atoms with Gasteiger partial charge in [0.2, 0.25) is 5.69 Å². The molecule has 3 heteroatoms. The Morgan fingerprint density at radius 2 is 1.86 bits per heavy atom. The topological polar surface area (TPSA) is 8.81 Å². The van der Waals surface area contributed by atoms with E-state index in [1.54, 1.807) is 0 Å². The van der Waals surface area contributed by atoms with Crippen molar-refractivity contribution in [2.45, 2.75) is 6.92 Å². The van der Waals surface area contributed by atoms with Gasteiger partial charge in [-0.05, 0) is 6.92 Å². The minimum atomic E-state index is 1.20. The monoisotopic (exact) mass is 299 g/mol. The summed E-state index contributed by atoms with van der Waals surface area (Å²) < 4.78 is 5.57. The number of rotatable bonds is 1. The summed E-state index contributed by atoms with van der Waals surface area (Å²) in [5, 5.41) is 0. The van der Waals surface area contributed by atoms with Crippen LogP contribution in [0.3, 0.4) is 0 Å². The Labute approximate surface area is 97.3 Å². The summed E-state index contributed by atoms with van der Waals surface area (Å²) in [5.41, 5.74) is 2.46. The third-order valence-corrected chi connectivity index (χ3v) is 3.11. The first-order chi connectivity index (χ1) is 6.70. The van der Waals surface area contributed by atoms with Crippen molar-refractivity contribution in [1.82, 2.24) is 4.68 Å². The van der Waals surface area contributed by atoms with Crippen LogP contribution in [0.5, 0.6) is 0 Å². The molecule has 0 aliphatic heterocycles. The number of halogens is 1. The Bertz CT molecular complexity index is 446. The quantitative estimate of drug-likeness (QED) is 0.564. The predicted molar refractivity (Wildman–Crippen MR) is 64.4 cm³/mol. The van der Waals surface area contributed by atoms with Gasteiger partial charge in [-0.15, -0.1) is 0 Å². The van der Waals surface area contributed by atoms with E-state index in [-0.39, 0.29) is 0 Å². The van der Waals surface area contributed by atoms with Crippen LogP contribution >= 0.6 is 22.6 Å². The highest BCUT2D eigenvalue weighted by atomic mass is 127. The first kappa shape index (κ1) is 9.71. The highest BCUT2D eigenvalue weighted by Crippen LogP contribution is 2.07. The molecular formula is C11H12IN2+. The lowest BCUT2D eigenvalue weighted by molar-refractivity contribution is -0.694. The van der Waals surface area contributed by atoms with Crippen molar-refractivity contribution in [3.63, 3.8) is 0 Å². The van der Waals surface area contributed by atoms with Crippen molar-refractivity contribution in [3.05, 3.63) is 45.8 Å². The van der Waals surface area contributed by atoms with E-state index in [1.807, 2.05) is 6.07 Å². The van der Waals surface area contributed by atoms with Gasteiger partial charge in [-0.2, -0.15) is 4.68 Å². The maximum absolute atomic E-state index is 2.35. The molecule has 0 bridgehead atoms. The summed E-state index contributed by atoms with van der Waals surface area (Å²) in [7, 11) is 2.07. The van der Waals surface area contributed by atoms with Gasteiger partial charge in [0.05, 0.1) is 12.7 Å².